The zero-order valence-electron chi connectivity index (χ0n) is 10.9. The minimum atomic E-state index is -0.290. The lowest BCUT2D eigenvalue weighted by atomic mass is 10.4. The Labute approximate surface area is 120 Å². The lowest BCUT2D eigenvalue weighted by Gasteiger charge is -2.15. The van der Waals surface area contributed by atoms with Gasteiger partial charge in [0.25, 0.3) is 0 Å². The fourth-order valence-corrected chi connectivity index (χ4v) is 1.58. The van der Waals surface area contributed by atoms with Gasteiger partial charge in [0, 0.05) is 17.2 Å². The lowest BCUT2D eigenvalue weighted by Crippen LogP contribution is -2.32. The van der Waals surface area contributed by atoms with Gasteiger partial charge in [0.15, 0.2) is 0 Å². The summed E-state index contributed by atoms with van der Waals surface area (Å²) >= 11 is 3.27. The van der Waals surface area contributed by atoms with E-state index < -0.39 is 0 Å². The van der Waals surface area contributed by atoms with E-state index in [1.165, 1.54) is 7.11 Å². The molecule has 0 aliphatic carbocycles. The molecule has 0 atom stereocenters. The third-order valence-corrected chi connectivity index (χ3v) is 2.80. The van der Waals surface area contributed by atoms with Gasteiger partial charge in [-0.2, -0.15) is 0 Å². The molecule has 0 unspecified atom stereocenters. The minimum Gasteiger partial charge on any atom is -0.469 e. The van der Waals surface area contributed by atoms with E-state index in [2.05, 4.69) is 31.0 Å². The first kappa shape index (κ1) is 15.6. The van der Waals surface area contributed by atoms with Crippen LogP contribution in [-0.2, 0) is 14.3 Å². The number of rotatable bonds is 6. The van der Waals surface area contributed by atoms with E-state index in [-0.39, 0.29) is 24.8 Å². The molecule has 7 heteroatoms. The van der Waals surface area contributed by atoms with Crippen LogP contribution in [0.3, 0.4) is 0 Å². The Morgan fingerprint density at radius 3 is 2.79 bits per heavy atom. The van der Waals surface area contributed by atoms with Crippen LogP contribution in [0, 0.1) is 0 Å². The fourth-order valence-electron chi connectivity index (χ4n) is 1.34. The van der Waals surface area contributed by atoms with Gasteiger partial charge in [-0.05, 0) is 35.1 Å². The molecule has 1 amide bonds. The molecule has 0 radical (unpaired) electrons. The van der Waals surface area contributed by atoms with Crippen LogP contribution in [0.1, 0.15) is 6.42 Å². The van der Waals surface area contributed by atoms with Crippen molar-refractivity contribution >= 4 is 33.6 Å². The molecule has 1 N–H and O–H groups in total. The number of carbonyl (C=O) groups excluding carboxylic acids is 2. The molecule has 1 aromatic heterocycles. The molecule has 0 saturated heterocycles. The van der Waals surface area contributed by atoms with Crippen molar-refractivity contribution in [3.63, 3.8) is 0 Å². The molecule has 6 nitrogen and oxygen atoms in total. The molecule has 19 heavy (non-hydrogen) atoms. The summed E-state index contributed by atoms with van der Waals surface area (Å²) in [6, 6.07) is 3.50. The van der Waals surface area contributed by atoms with Crippen molar-refractivity contribution in [2.24, 2.45) is 0 Å². The Kier molecular flexibility index (Phi) is 6.44. The number of nitrogens with zero attached hydrogens (tertiary/aromatic N) is 2. The number of pyridine rings is 1. The maximum absolute atomic E-state index is 11.7. The zero-order valence-corrected chi connectivity index (χ0v) is 12.4. The smallest absolute Gasteiger partial charge is 0.306 e. The Morgan fingerprint density at radius 2 is 2.21 bits per heavy atom. The highest BCUT2D eigenvalue weighted by molar-refractivity contribution is 9.10. The number of esters is 1. The second-order valence-corrected chi connectivity index (χ2v) is 4.89. The summed E-state index contributed by atoms with van der Waals surface area (Å²) in [5.74, 6) is 0.0265. The van der Waals surface area contributed by atoms with Crippen LogP contribution in [-0.4, -0.2) is 49.0 Å². The number of carbonyl (C=O) groups is 2. The molecule has 0 saturated carbocycles. The van der Waals surface area contributed by atoms with Crippen LogP contribution in [0.15, 0.2) is 22.8 Å². The molecule has 0 bridgehead atoms. The number of anilines is 1. The van der Waals surface area contributed by atoms with Crippen LogP contribution in [0.25, 0.3) is 0 Å². The van der Waals surface area contributed by atoms with Gasteiger partial charge >= 0.3 is 5.97 Å². The standard InChI is InChI=1S/C12H16BrN3O3/c1-16(6-5-12(18)19-2)8-11(17)15-10-4-3-9(13)7-14-10/h3-4,7H,5-6,8H2,1-2H3,(H,14,15,17). The summed E-state index contributed by atoms with van der Waals surface area (Å²) in [5.41, 5.74) is 0. The first-order valence-corrected chi connectivity index (χ1v) is 6.47. The average molecular weight is 330 g/mol. The number of methoxy groups -OCH3 is 1. The highest BCUT2D eigenvalue weighted by Crippen LogP contribution is 2.10. The third kappa shape index (κ3) is 6.30. The van der Waals surface area contributed by atoms with Crippen LogP contribution in [0.2, 0.25) is 0 Å². The monoisotopic (exact) mass is 329 g/mol. The average Bonchev–Trinajstić information content (AvgIpc) is 2.38. The molecule has 0 aliphatic rings. The van der Waals surface area contributed by atoms with Crippen molar-refractivity contribution in [2.75, 3.05) is 32.6 Å². The Morgan fingerprint density at radius 1 is 1.47 bits per heavy atom. The first-order chi connectivity index (χ1) is 9.01. The summed E-state index contributed by atoms with van der Waals surface area (Å²) in [5, 5.41) is 2.67. The van der Waals surface area contributed by atoms with Crippen LogP contribution in [0.4, 0.5) is 5.82 Å². The van der Waals surface area contributed by atoms with Crippen molar-refractivity contribution in [3.05, 3.63) is 22.8 Å². The van der Waals surface area contributed by atoms with Crippen LogP contribution in [0.5, 0.6) is 0 Å². The molecule has 0 aliphatic heterocycles. The molecule has 0 fully saturated rings. The van der Waals surface area contributed by atoms with Gasteiger partial charge in [-0.3, -0.25) is 14.5 Å². The van der Waals surface area contributed by atoms with Crippen LogP contribution < -0.4 is 5.32 Å². The first-order valence-electron chi connectivity index (χ1n) is 5.68. The number of ether oxygens (including phenoxy) is 1. The second-order valence-electron chi connectivity index (χ2n) is 3.97. The summed E-state index contributed by atoms with van der Waals surface area (Å²) in [7, 11) is 3.10. The van der Waals surface area contributed by atoms with E-state index in [1.807, 2.05) is 0 Å². The summed E-state index contributed by atoms with van der Waals surface area (Å²) in [6.07, 6.45) is 1.87. The number of nitrogens with one attached hydrogen (secondary N) is 1. The van der Waals surface area contributed by atoms with Crippen molar-refractivity contribution in [3.8, 4) is 0 Å². The largest absolute Gasteiger partial charge is 0.469 e. The summed E-state index contributed by atoms with van der Waals surface area (Å²) in [4.78, 5) is 28.4. The second kappa shape index (κ2) is 7.85. The van der Waals surface area contributed by atoms with Gasteiger partial charge in [0.2, 0.25) is 5.91 Å². The van der Waals surface area contributed by atoms with Crippen molar-refractivity contribution in [1.29, 1.82) is 0 Å². The molecule has 0 spiro atoms. The van der Waals surface area contributed by atoms with E-state index >= 15 is 0 Å². The number of halogens is 1. The lowest BCUT2D eigenvalue weighted by molar-refractivity contribution is -0.141. The van der Waals surface area contributed by atoms with Crippen LogP contribution >= 0.6 is 15.9 Å². The van der Waals surface area contributed by atoms with Crippen molar-refractivity contribution < 1.29 is 14.3 Å². The zero-order chi connectivity index (χ0) is 14.3. The number of hydrogen-bond donors (Lipinski definition) is 1. The molecule has 0 aromatic carbocycles. The SMILES string of the molecule is COC(=O)CCN(C)CC(=O)Nc1ccc(Br)cn1. The molecule has 1 rings (SSSR count). The van der Waals surface area contributed by atoms with Gasteiger partial charge < -0.3 is 10.1 Å². The Balaban J connectivity index is 2.34. The van der Waals surface area contributed by atoms with Gasteiger partial charge in [-0.15, -0.1) is 0 Å². The third-order valence-electron chi connectivity index (χ3n) is 2.33. The number of likely N-dealkylation sites (N-methyl/N-ethyl adjacent to an activating group) is 1. The fraction of sp³-hybridized carbons (Fsp3) is 0.417. The van der Waals surface area contributed by atoms with Gasteiger partial charge in [0.05, 0.1) is 20.1 Å². The Bertz CT molecular complexity index is 436. The van der Waals surface area contributed by atoms with Gasteiger partial charge in [-0.1, -0.05) is 0 Å². The predicted molar refractivity (Wildman–Crippen MR) is 74.7 cm³/mol. The maximum atomic E-state index is 11.7. The number of hydrogen-bond acceptors (Lipinski definition) is 5. The Hall–Kier alpha value is -1.47. The van der Waals surface area contributed by atoms with E-state index in [0.29, 0.717) is 12.4 Å². The number of aromatic nitrogens is 1. The van der Waals surface area contributed by atoms with Crippen molar-refractivity contribution in [2.45, 2.75) is 6.42 Å². The van der Waals surface area contributed by atoms with E-state index in [1.54, 1.807) is 30.3 Å². The quantitative estimate of drug-likeness (QED) is 0.796. The van der Waals surface area contributed by atoms with Crippen molar-refractivity contribution in [1.82, 2.24) is 9.88 Å². The topological polar surface area (TPSA) is 71.5 Å². The normalized spacial score (nSPS) is 10.3. The highest BCUT2D eigenvalue weighted by Gasteiger charge is 2.09. The van der Waals surface area contributed by atoms with Gasteiger partial charge in [-0.25, -0.2) is 4.98 Å². The predicted octanol–water partition coefficient (Wildman–Crippen LogP) is 1.28. The maximum Gasteiger partial charge on any atom is 0.306 e. The summed E-state index contributed by atoms with van der Waals surface area (Å²) in [6.45, 7) is 0.655. The number of amides is 1. The molecule has 104 valence electrons. The molecule has 1 heterocycles. The molecular formula is C12H16BrN3O3. The van der Waals surface area contributed by atoms with Gasteiger partial charge in [0.1, 0.15) is 5.82 Å². The molecular weight excluding hydrogens is 314 g/mol. The van der Waals surface area contributed by atoms with E-state index in [4.69, 9.17) is 0 Å². The minimum absolute atomic E-state index is 0.179. The molecule has 1 aromatic rings. The highest BCUT2D eigenvalue weighted by atomic mass is 79.9. The summed E-state index contributed by atoms with van der Waals surface area (Å²) < 4.78 is 5.38. The van der Waals surface area contributed by atoms with E-state index in [9.17, 15) is 9.59 Å². The van der Waals surface area contributed by atoms with E-state index in [0.717, 1.165) is 4.47 Å².